The molecule has 0 aliphatic rings. The van der Waals surface area contributed by atoms with Crippen LogP contribution in [0.15, 0.2) is 48.5 Å². The summed E-state index contributed by atoms with van der Waals surface area (Å²) in [7, 11) is 1.67. The predicted octanol–water partition coefficient (Wildman–Crippen LogP) is 2.18. The van der Waals surface area contributed by atoms with Crippen molar-refractivity contribution in [3.8, 4) is 11.5 Å². The highest BCUT2D eigenvalue weighted by molar-refractivity contribution is 5.35. The molecule has 0 heterocycles. The van der Waals surface area contributed by atoms with E-state index in [1.54, 1.807) is 7.11 Å². The van der Waals surface area contributed by atoms with Gasteiger partial charge in [0, 0.05) is 6.54 Å². The van der Waals surface area contributed by atoms with Crippen LogP contribution in [0.25, 0.3) is 0 Å². The van der Waals surface area contributed by atoms with Crippen molar-refractivity contribution < 1.29 is 14.6 Å². The fraction of sp³-hybridized carbons (Fsp3) is 0.333. The van der Waals surface area contributed by atoms with E-state index in [0.717, 1.165) is 29.9 Å². The van der Waals surface area contributed by atoms with Gasteiger partial charge in [-0.1, -0.05) is 30.3 Å². The first-order chi connectivity index (χ1) is 10.7. The van der Waals surface area contributed by atoms with Gasteiger partial charge in [0.15, 0.2) is 0 Å². The minimum atomic E-state index is -0.633. The van der Waals surface area contributed by atoms with Crippen LogP contribution in [0.4, 0.5) is 0 Å². The van der Waals surface area contributed by atoms with Gasteiger partial charge in [0.2, 0.25) is 0 Å². The molecule has 4 nitrogen and oxygen atoms in total. The normalized spacial score (nSPS) is 12.0. The Hall–Kier alpha value is -2.04. The van der Waals surface area contributed by atoms with Gasteiger partial charge in [0.25, 0.3) is 0 Å². The Morgan fingerprint density at radius 2 is 1.91 bits per heavy atom. The molecule has 0 saturated heterocycles. The van der Waals surface area contributed by atoms with Gasteiger partial charge in [0.05, 0.1) is 7.11 Å². The summed E-state index contributed by atoms with van der Waals surface area (Å²) in [5, 5.41) is 9.51. The summed E-state index contributed by atoms with van der Waals surface area (Å²) in [6.45, 7) is 0.415. The molecule has 0 bridgehead atoms. The van der Waals surface area contributed by atoms with Gasteiger partial charge >= 0.3 is 0 Å². The smallest absolute Gasteiger partial charge is 0.122 e. The Morgan fingerprint density at radius 1 is 1.09 bits per heavy atom. The van der Waals surface area contributed by atoms with Gasteiger partial charge in [-0.2, -0.15) is 0 Å². The minimum Gasteiger partial charge on any atom is -0.497 e. The van der Waals surface area contributed by atoms with Crippen LogP contribution in [0.1, 0.15) is 11.1 Å². The van der Waals surface area contributed by atoms with Gasteiger partial charge < -0.3 is 20.3 Å². The number of aliphatic hydroxyl groups excluding tert-OH is 1. The number of hydrogen-bond acceptors (Lipinski definition) is 4. The number of benzene rings is 2. The molecule has 2 rings (SSSR count). The number of ether oxygens (including phenoxy) is 2. The van der Waals surface area contributed by atoms with Crippen molar-refractivity contribution in [2.75, 3.05) is 20.3 Å². The molecule has 0 aliphatic heterocycles. The van der Waals surface area contributed by atoms with Crippen LogP contribution in [0.3, 0.4) is 0 Å². The van der Waals surface area contributed by atoms with Crippen molar-refractivity contribution in [3.05, 3.63) is 59.7 Å². The molecule has 0 spiro atoms. The molecule has 0 fully saturated rings. The number of nitrogens with two attached hydrogens (primary N) is 1. The Bertz CT molecular complexity index is 586. The van der Waals surface area contributed by atoms with E-state index in [-0.39, 0.29) is 13.2 Å². The molecule has 3 N–H and O–H groups in total. The average molecular weight is 301 g/mol. The second-order valence-corrected chi connectivity index (χ2v) is 5.16. The summed E-state index contributed by atoms with van der Waals surface area (Å²) in [4.78, 5) is 0. The molecular formula is C18H23NO3. The molecule has 22 heavy (non-hydrogen) atoms. The quantitative estimate of drug-likeness (QED) is 0.784. The van der Waals surface area contributed by atoms with Gasteiger partial charge in [-0.25, -0.2) is 0 Å². The standard InChI is InChI=1S/C18H23NO3/c1-21-17-7-4-5-14(11-17)9-10-15-6-2-3-8-18(15)22-13-16(20)12-19/h2-8,11,16,20H,9-10,12-13,19H2,1H3. The lowest BCUT2D eigenvalue weighted by molar-refractivity contribution is 0.113. The van der Waals surface area contributed by atoms with Gasteiger partial charge in [-0.3, -0.25) is 0 Å². The van der Waals surface area contributed by atoms with Gasteiger partial charge in [0.1, 0.15) is 24.2 Å². The van der Waals surface area contributed by atoms with Crippen molar-refractivity contribution in [2.24, 2.45) is 5.73 Å². The first-order valence-corrected chi connectivity index (χ1v) is 7.44. The van der Waals surface area contributed by atoms with Crippen LogP contribution < -0.4 is 15.2 Å². The number of aliphatic hydroxyl groups is 1. The summed E-state index contributed by atoms with van der Waals surface area (Å²) in [6.07, 6.45) is 1.13. The molecule has 0 amide bonds. The van der Waals surface area contributed by atoms with E-state index in [4.69, 9.17) is 15.2 Å². The summed E-state index contributed by atoms with van der Waals surface area (Å²) in [6, 6.07) is 16.0. The first kappa shape index (κ1) is 16.3. The largest absolute Gasteiger partial charge is 0.497 e. The molecule has 1 atom stereocenters. The zero-order valence-corrected chi connectivity index (χ0v) is 12.9. The van der Waals surface area contributed by atoms with Crippen LogP contribution >= 0.6 is 0 Å². The van der Waals surface area contributed by atoms with E-state index in [2.05, 4.69) is 6.07 Å². The molecular weight excluding hydrogens is 278 g/mol. The number of aryl methyl sites for hydroxylation is 2. The maximum Gasteiger partial charge on any atom is 0.122 e. The van der Waals surface area contributed by atoms with Crippen LogP contribution in [0, 0.1) is 0 Å². The topological polar surface area (TPSA) is 64.7 Å². The lowest BCUT2D eigenvalue weighted by atomic mass is 10.0. The van der Waals surface area contributed by atoms with Crippen molar-refractivity contribution in [3.63, 3.8) is 0 Å². The van der Waals surface area contributed by atoms with Crippen LogP contribution in [-0.2, 0) is 12.8 Å². The summed E-state index contributed by atoms with van der Waals surface area (Å²) >= 11 is 0. The van der Waals surface area contributed by atoms with Crippen molar-refractivity contribution in [2.45, 2.75) is 18.9 Å². The molecule has 118 valence electrons. The third-order valence-electron chi connectivity index (χ3n) is 3.49. The fourth-order valence-corrected chi connectivity index (χ4v) is 2.21. The second kappa shape index (κ2) is 8.41. The Labute approximate surface area is 131 Å². The minimum absolute atomic E-state index is 0.200. The zero-order valence-electron chi connectivity index (χ0n) is 12.9. The maximum atomic E-state index is 9.51. The third-order valence-corrected chi connectivity index (χ3v) is 3.49. The monoisotopic (exact) mass is 301 g/mol. The van der Waals surface area contributed by atoms with E-state index in [0.29, 0.717) is 0 Å². The van der Waals surface area contributed by atoms with Gasteiger partial charge in [-0.05, 0) is 42.2 Å². The van der Waals surface area contributed by atoms with E-state index in [1.165, 1.54) is 5.56 Å². The predicted molar refractivity (Wildman–Crippen MR) is 87.4 cm³/mol. The Kier molecular flexibility index (Phi) is 6.25. The maximum absolute atomic E-state index is 9.51. The van der Waals surface area contributed by atoms with Crippen molar-refractivity contribution >= 4 is 0 Å². The molecule has 2 aromatic rings. The van der Waals surface area contributed by atoms with Gasteiger partial charge in [-0.15, -0.1) is 0 Å². The second-order valence-electron chi connectivity index (χ2n) is 5.16. The van der Waals surface area contributed by atoms with Crippen LogP contribution in [-0.4, -0.2) is 31.5 Å². The van der Waals surface area contributed by atoms with E-state index < -0.39 is 6.10 Å². The highest BCUT2D eigenvalue weighted by atomic mass is 16.5. The summed E-state index contributed by atoms with van der Waals surface area (Å²) in [5.74, 6) is 1.67. The summed E-state index contributed by atoms with van der Waals surface area (Å²) < 4.78 is 10.9. The number of hydrogen-bond donors (Lipinski definition) is 2. The molecule has 0 saturated carbocycles. The molecule has 4 heteroatoms. The average Bonchev–Trinajstić information content (AvgIpc) is 2.58. The van der Waals surface area contributed by atoms with Crippen molar-refractivity contribution in [1.82, 2.24) is 0 Å². The zero-order chi connectivity index (χ0) is 15.8. The van der Waals surface area contributed by atoms with E-state index in [1.807, 2.05) is 42.5 Å². The Balaban J connectivity index is 1.99. The summed E-state index contributed by atoms with van der Waals surface area (Å²) in [5.41, 5.74) is 7.73. The first-order valence-electron chi connectivity index (χ1n) is 7.44. The lowest BCUT2D eigenvalue weighted by Gasteiger charge is -2.14. The fourth-order valence-electron chi connectivity index (χ4n) is 2.21. The molecule has 1 unspecified atom stereocenters. The lowest BCUT2D eigenvalue weighted by Crippen LogP contribution is -2.26. The number of para-hydroxylation sites is 1. The van der Waals surface area contributed by atoms with Crippen molar-refractivity contribution in [1.29, 1.82) is 0 Å². The number of methoxy groups -OCH3 is 1. The molecule has 0 aromatic heterocycles. The SMILES string of the molecule is COc1cccc(CCc2ccccc2OCC(O)CN)c1. The highest BCUT2D eigenvalue weighted by Crippen LogP contribution is 2.21. The highest BCUT2D eigenvalue weighted by Gasteiger charge is 2.07. The Morgan fingerprint density at radius 3 is 2.68 bits per heavy atom. The van der Waals surface area contributed by atoms with Crippen LogP contribution in [0.2, 0.25) is 0 Å². The molecule has 0 radical (unpaired) electrons. The molecule has 2 aromatic carbocycles. The molecule has 0 aliphatic carbocycles. The van der Waals surface area contributed by atoms with E-state index in [9.17, 15) is 5.11 Å². The van der Waals surface area contributed by atoms with Crippen LogP contribution in [0.5, 0.6) is 11.5 Å². The van der Waals surface area contributed by atoms with E-state index >= 15 is 0 Å². The number of rotatable bonds is 8. The third kappa shape index (κ3) is 4.76.